The van der Waals surface area contributed by atoms with E-state index in [4.69, 9.17) is 15.0 Å². The van der Waals surface area contributed by atoms with E-state index < -0.39 is 5.97 Å². The van der Waals surface area contributed by atoms with Crippen LogP contribution in [0.15, 0.2) is 28.9 Å². The van der Waals surface area contributed by atoms with E-state index in [1.807, 2.05) is 25.5 Å². The number of carbonyl (C=O) groups is 1. The summed E-state index contributed by atoms with van der Waals surface area (Å²) in [6.07, 6.45) is 9.80. The van der Waals surface area contributed by atoms with Crippen molar-refractivity contribution in [2.45, 2.75) is 39.2 Å². The van der Waals surface area contributed by atoms with Crippen LogP contribution in [0.1, 0.15) is 32.4 Å². The van der Waals surface area contributed by atoms with Crippen molar-refractivity contribution in [2.24, 2.45) is 18.0 Å². The molecule has 9 nitrogen and oxygen atoms in total. The minimum absolute atomic E-state index is 0.00588. The Morgan fingerprint density at radius 3 is 2.80 bits per heavy atom. The summed E-state index contributed by atoms with van der Waals surface area (Å²) in [5, 5.41) is 17.1. The lowest BCUT2D eigenvalue weighted by molar-refractivity contribution is -0.142. The van der Waals surface area contributed by atoms with E-state index in [0.29, 0.717) is 37.7 Å². The first-order chi connectivity index (χ1) is 14.5. The summed E-state index contributed by atoms with van der Waals surface area (Å²) in [4.78, 5) is 27.6. The van der Waals surface area contributed by atoms with Crippen LogP contribution in [0.4, 0.5) is 11.8 Å². The Morgan fingerprint density at radius 2 is 2.13 bits per heavy atom. The van der Waals surface area contributed by atoms with E-state index in [-0.39, 0.29) is 12.0 Å². The Labute approximate surface area is 175 Å². The summed E-state index contributed by atoms with van der Waals surface area (Å²) in [6.45, 7) is 5.33. The van der Waals surface area contributed by atoms with Crippen molar-refractivity contribution in [3.05, 3.63) is 29.6 Å². The van der Waals surface area contributed by atoms with Crippen molar-refractivity contribution >= 4 is 35.0 Å². The van der Waals surface area contributed by atoms with Gasteiger partial charge in [-0.05, 0) is 38.5 Å². The van der Waals surface area contributed by atoms with Crippen LogP contribution in [0.25, 0.3) is 11.0 Å². The molecule has 158 valence electrons. The number of hydrogen-bond acceptors (Lipinski definition) is 7. The summed E-state index contributed by atoms with van der Waals surface area (Å²) in [5.41, 5.74) is 3.69. The first kappa shape index (κ1) is 20.1. The van der Waals surface area contributed by atoms with Crippen molar-refractivity contribution in [2.75, 3.05) is 18.0 Å². The molecule has 0 spiro atoms. The second kappa shape index (κ2) is 8.25. The van der Waals surface area contributed by atoms with E-state index in [2.05, 4.69) is 35.2 Å². The Bertz CT molecular complexity index is 1050. The number of rotatable bonds is 5. The van der Waals surface area contributed by atoms with Gasteiger partial charge in [-0.2, -0.15) is 10.1 Å². The molecule has 1 fully saturated rings. The van der Waals surface area contributed by atoms with Gasteiger partial charge in [0.25, 0.3) is 0 Å². The first-order valence-corrected chi connectivity index (χ1v) is 10.3. The van der Waals surface area contributed by atoms with Gasteiger partial charge in [-0.1, -0.05) is 18.6 Å². The predicted octanol–water partition coefficient (Wildman–Crippen LogP) is 2.36. The third kappa shape index (κ3) is 3.92. The molecule has 30 heavy (non-hydrogen) atoms. The molecule has 0 aromatic carbocycles. The zero-order valence-corrected chi connectivity index (χ0v) is 17.5. The highest BCUT2D eigenvalue weighted by Gasteiger charge is 2.27. The van der Waals surface area contributed by atoms with Crippen molar-refractivity contribution < 1.29 is 9.90 Å². The third-order valence-corrected chi connectivity index (χ3v) is 5.62. The van der Waals surface area contributed by atoms with Gasteiger partial charge < -0.3 is 15.3 Å². The van der Waals surface area contributed by atoms with Gasteiger partial charge in [-0.3, -0.25) is 9.48 Å². The van der Waals surface area contributed by atoms with Gasteiger partial charge in [-0.25, -0.2) is 9.98 Å². The van der Waals surface area contributed by atoms with E-state index >= 15 is 0 Å². The van der Waals surface area contributed by atoms with Gasteiger partial charge in [0.1, 0.15) is 11.0 Å². The van der Waals surface area contributed by atoms with E-state index in [1.54, 1.807) is 4.68 Å². The molecule has 0 radical (unpaired) electrons. The monoisotopic (exact) mass is 409 g/mol. The van der Waals surface area contributed by atoms with Crippen molar-refractivity contribution in [1.82, 2.24) is 25.1 Å². The van der Waals surface area contributed by atoms with Crippen molar-refractivity contribution in [1.29, 1.82) is 0 Å². The highest BCUT2D eigenvalue weighted by Crippen LogP contribution is 2.30. The molecule has 2 aliphatic rings. The van der Waals surface area contributed by atoms with Crippen LogP contribution in [0.3, 0.4) is 0 Å². The van der Waals surface area contributed by atoms with Crippen LogP contribution in [0, 0.1) is 5.92 Å². The Morgan fingerprint density at radius 1 is 1.37 bits per heavy atom. The predicted molar refractivity (Wildman–Crippen MR) is 116 cm³/mol. The molecule has 2 aliphatic heterocycles. The summed E-state index contributed by atoms with van der Waals surface area (Å²) in [7, 11) is 1.88. The number of allylic oxidation sites excluding steroid dienone is 2. The molecule has 2 N–H and O–H groups in total. The topological polar surface area (TPSA) is 109 Å². The van der Waals surface area contributed by atoms with Crippen molar-refractivity contribution in [3.63, 3.8) is 0 Å². The van der Waals surface area contributed by atoms with Crippen LogP contribution in [0.5, 0.6) is 0 Å². The van der Waals surface area contributed by atoms with Gasteiger partial charge in [0.2, 0.25) is 5.95 Å². The number of aliphatic carboxylic acids is 1. The second-order valence-corrected chi connectivity index (χ2v) is 7.78. The smallest absolute Gasteiger partial charge is 0.306 e. The minimum Gasteiger partial charge on any atom is -0.481 e. The average molecular weight is 409 g/mol. The van der Waals surface area contributed by atoms with Crippen LogP contribution in [0.2, 0.25) is 0 Å². The number of aliphatic imine (C=N–C) groups is 1. The minimum atomic E-state index is -0.728. The molecule has 2 aromatic heterocycles. The molecule has 1 unspecified atom stereocenters. The number of aromatic nitrogens is 4. The Balaban J connectivity index is 1.70. The average Bonchev–Trinajstić information content (AvgIpc) is 3.08. The quantitative estimate of drug-likeness (QED) is 0.730. The molecule has 2 aromatic rings. The third-order valence-electron chi connectivity index (χ3n) is 5.62. The van der Waals surface area contributed by atoms with Gasteiger partial charge >= 0.3 is 5.97 Å². The molecule has 1 atom stereocenters. The lowest BCUT2D eigenvalue weighted by Crippen LogP contribution is -2.37. The molecule has 9 heteroatoms. The summed E-state index contributed by atoms with van der Waals surface area (Å²) < 4.78 is 1.79. The number of hydrogen-bond donors (Lipinski definition) is 2. The van der Waals surface area contributed by atoms with Gasteiger partial charge in [0.05, 0.1) is 17.7 Å². The SMILES string of the molecule is CCc1nn(C)c2c(N=CC3C=C(C)C=CN3)nc(N3CCC(C(=O)O)CC3)nc12. The standard InChI is InChI=1S/C21H27N7O2/c1-4-16-17-18(27(3)26-16)19(23-12-15-11-13(2)5-8-22-15)25-21(24-17)28-9-6-14(7-10-28)20(29)30/h5,8,11-12,14-15,22H,4,6-7,9-10H2,1-3H3,(H,29,30). The lowest BCUT2D eigenvalue weighted by Gasteiger charge is -2.30. The normalized spacial score (nSPS) is 20.0. The fourth-order valence-corrected chi connectivity index (χ4v) is 3.92. The maximum atomic E-state index is 11.3. The highest BCUT2D eigenvalue weighted by atomic mass is 16.4. The fraction of sp³-hybridized carbons (Fsp3) is 0.476. The molecular formula is C21H27N7O2. The number of nitrogens with one attached hydrogen (secondary N) is 1. The zero-order valence-electron chi connectivity index (χ0n) is 17.5. The highest BCUT2D eigenvalue weighted by molar-refractivity contribution is 5.89. The van der Waals surface area contributed by atoms with Crippen LogP contribution in [-0.4, -0.2) is 56.2 Å². The number of piperidine rings is 1. The Hall–Kier alpha value is -3.23. The van der Waals surface area contributed by atoms with Crippen LogP contribution in [-0.2, 0) is 18.3 Å². The number of carboxylic acids is 1. The fourth-order valence-electron chi connectivity index (χ4n) is 3.92. The molecule has 4 rings (SSSR count). The maximum absolute atomic E-state index is 11.3. The van der Waals surface area contributed by atoms with E-state index in [1.165, 1.54) is 5.57 Å². The van der Waals surface area contributed by atoms with Gasteiger partial charge in [0, 0.05) is 26.4 Å². The lowest BCUT2D eigenvalue weighted by atomic mass is 9.97. The molecule has 0 aliphatic carbocycles. The summed E-state index contributed by atoms with van der Waals surface area (Å²) in [6, 6.07) is -0.00588. The molecule has 4 heterocycles. The number of nitrogens with zero attached hydrogens (tertiary/aromatic N) is 6. The number of dihydropyridines is 1. The molecule has 1 saturated heterocycles. The van der Waals surface area contributed by atoms with Crippen LogP contribution >= 0.6 is 0 Å². The zero-order chi connectivity index (χ0) is 21.3. The molecule has 0 bridgehead atoms. The van der Waals surface area contributed by atoms with E-state index in [0.717, 1.165) is 23.1 Å². The summed E-state index contributed by atoms with van der Waals surface area (Å²) in [5.74, 6) is 0.138. The first-order valence-electron chi connectivity index (χ1n) is 10.3. The second-order valence-electron chi connectivity index (χ2n) is 7.78. The largest absolute Gasteiger partial charge is 0.481 e. The van der Waals surface area contributed by atoms with E-state index in [9.17, 15) is 9.90 Å². The number of anilines is 1. The van der Waals surface area contributed by atoms with Crippen LogP contribution < -0.4 is 10.2 Å². The molecule has 0 saturated carbocycles. The Kier molecular flexibility index (Phi) is 5.52. The number of carboxylic acid groups (broad SMARTS) is 1. The number of fused-ring (bicyclic) bond motifs is 1. The number of aryl methyl sites for hydroxylation is 2. The summed E-state index contributed by atoms with van der Waals surface area (Å²) >= 11 is 0. The van der Waals surface area contributed by atoms with Gasteiger partial charge in [-0.15, -0.1) is 0 Å². The molecular weight excluding hydrogens is 382 g/mol. The molecule has 0 amide bonds. The van der Waals surface area contributed by atoms with Crippen molar-refractivity contribution in [3.8, 4) is 0 Å². The van der Waals surface area contributed by atoms with Gasteiger partial charge in [0.15, 0.2) is 5.82 Å². The maximum Gasteiger partial charge on any atom is 0.306 e.